The van der Waals surface area contributed by atoms with Gasteiger partial charge in [-0.05, 0) is 39.2 Å². The first-order valence-corrected chi connectivity index (χ1v) is 6.31. The van der Waals surface area contributed by atoms with Crippen molar-refractivity contribution >= 4 is 0 Å². The molecule has 0 aliphatic carbocycles. The molecule has 0 amide bonds. The van der Waals surface area contributed by atoms with Crippen LogP contribution >= 0.6 is 0 Å². The highest BCUT2D eigenvalue weighted by atomic mass is 16.5. The summed E-state index contributed by atoms with van der Waals surface area (Å²) in [5.41, 5.74) is 0. The maximum Gasteiger partial charge on any atom is 0.0495 e. The van der Waals surface area contributed by atoms with Crippen molar-refractivity contribution in [3.05, 3.63) is 0 Å². The Kier molecular flexibility index (Phi) is 4.00. The van der Waals surface area contributed by atoms with Crippen LogP contribution < -0.4 is 5.32 Å². The third-order valence-corrected chi connectivity index (χ3v) is 3.83. The van der Waals surface area contributed by atoms with Gasteiger partial charge in [-0.3, -0.25) is 4.90 Å². The molecule has 3 atom stereocenters. The molecule has 88 valence electrons. The molecule has 2 aliphatic heterocycles. The van der Waals surface area contributed by atoms with Gasteiger partial charge in [-0.2, -0.15) is 0 Å². The van der Waals surface area contributed by atoms with E-state index in [1.165, 1.54) is 19.4 Å². The number of hydrogen-bond acceptors (Lipinski definition) is 3. The molecule has 2 rings (SSSR count). The Bertz CT molecular complexity index is 182. The van der Waals surface area contributed by atoms with Crippen LogP contribution in [0.4, 0.5) is 0 Å². The Morgan fingerprint density at radius 2 is 2.00 bits per heavy atom. The van der Waals surface area contributed by atoms with Gasteiger partial charge >= 0.3 is 0 Å². The van der Waals surface area contributed by atoms with E-state index >= 15 is 0 Å². The van der Waals surface area contributed by atoms with Crippen molar-refractivity contribution in [1.82, 2.24) is 10.2 Å². The van der Waals surface area contributed by atoms with Crippen molar-refractivity contribution in [3.8, 4) is 0 Å². The van der Waals surface area contributed by atoms with E-state index in [0.717, 1.165) is 32.2 Å². The second kappa shape index (κ2) is 5.28. The third-order valence-electron chi connectivity index (χ3n) is 3.83. The highest BCUT2D eigenvalue weighted by molar-refractivity contribution is 4.83. The predicted octanol–water partition coefficient (Wildman–Crippen LogP) is 1.10. The molecule has 0 aromatic carbocycles. The first-order valence-electron chi connectivity index (χ1n) is 6.31. The summed E-state index contributed by atoms with van der Waals surface area (Å²) < 4.78 is 5.42. The Balaban J connectivity index is 1.75. The maximum atomic E-state index is 5.42. The van der Waals surface area contributed by atoms with Gasteiger partial charge in [0.15, 0.2) is 0 Å². The molecule has 0 spiro atoms. The van der Waals surface area contributed by atoms with Crippen LogP contribution in [0.15, 0.2) is 0 Å². The Labute approximate surface area is 93.2 Å². The van der Waals surface area contributed by atoms with E-state index in [9.17, 15) is 0 Å². The van der Waals surface area contributed by atoms with Gasteiger partial charge in [-0.1, -0.05) is 0 Å². The fourth-order valence-electron chi connectivity index (χ4n) is 2.75. The summed E-state index contributed by atoms with van der Waals surface area (Å²) in [6.45, 7) is 10.2. The number of nitrogens with one attached hydrogen (secondary N) is 1. The Hall–Kier alpha value is -0.120. The van der Waals surface area contributed by atoms with E-state index in [-0.39, 0.29) is 0 Å². The minimum absolute atomic E-state index is 0.691. The molecule has 15 heavy (non-hydrogen) atoms. The van der Waals surface area contributed by atoms with Gasteiger partial charge in [-0.25, -0.2) is 0 Å². The first kappa shape index (κ1) is 11.4. The molecule has 2 saturated heterocycles. The monoisotopic (exact) mass is 212 g/mol. The normalized spacial score (nSPS) is 38.4. The van der Waals surface area contributed by atoms with Gasteiger partial charge in [-0.15, -0.1) is 0 Å². The zero-order valence-corrected chi connectivity index (χ0v) is 10.0. The average Bonchev–Trinajstić information content (AvgIpc) is 2.70. The van der Waals surface area contributed by atoms with Crippen LogP contribution in [0.1, 0.15) is 26.7 Å². The topological polar surface area (TPSA) is 24.5 Å². The van der Waals surface area contributed by atoms with Crippen molar-refractivity contribution < 1.29 is 4.74 Å². The molecule has 0 saturated carbocycles. The van der Waals surface area contributed by atoms with Crippen LogP contribution in [-0.4, -0.2) is 49.8 Å². The fraction of sp³-hybridized carbons (Fsp3) is 1.00. The summed E-state index contributed by atoms with van der Waals surface area (Å²) in [7, 11) is 0. The molecule has 2 aliphatic rings. The molecule has 2 fully saturated rings. The van der Waals surface area contributed by atoms with E-state index in [4.69, 9.17) is 4.74 Å². The Morgan fingerprint density at radius 3 is 2.60 bits per heavy atom. The van der Waals surface area contributed by atoms with Gasteiger partial charge in [0.25, 0.3) is 0 Å². The number of ether oxygens (including phenoxy) is 1. The van der Waals surface area contributed by atoms with Gasteiger partial charge in [0.2, 0.25) is 0 Å². The fourth-order valence-corrected chi connectivity index (χ4v) is 2.75. The molecule has 0 radical (unpaired) electrons. The largest absolute Gasteiger partial charge is 0.381 e. The molecule has 3 nitrogen and oxygen atoms in total. The van der Waals surface area contributed by atoms with E-state index in [2.05, 4.69) is 24.1 Å². The summed E-state index contributed by atoms with van der Waals surface area (Å²) in [6, 6.07) is 1.38. The first-order chi connectivity index (χ1) is 7.27. The zero-order valence-electron chi connectivity index (χ0n) is 10.0. The maximum absolute atomic E-state index is 5.42. The molecule has 1 unspecified atom stereocenters. The quantitative estimate of drug-likeness (QED) is 0.758. The van der Waals surface area contributed by atoms with Crippen LogP contribution in [0.25, 0.3) is 0 Å². The number of nitrogens with zero attached hydrogens (tertiary/aromatic N) is 1. The van der Waals surface area contributed by atoms with Crippen molar-refractivity contribution in [1.29, 1.82) is 0 Å². The van der Waals surface area contributed by atoms with E-state index in [1.807, 2.05) is 0 Å². The lowest BCUT2D eigenvalue weighted by atomic mass is 10.0. The van der Waals surface area contributed by atoms with Crippen LogP contribution in [0.5, 0.6) is 0 Å². The standard InChI is InChI=1S/C12H24N2O/c1-10-7-13-8-11(2)14(10)5-3-12-4-6-15-9-12/h10-13H,3-9H2,1-2H3/t10-,11+,12?. The van der Waals surface area contributed by atoms with Gasteiger partial charge < -0.3 is 10.1 Å². The number of rotatable bonds is 3. The summed E-state index contributed by atoms with van der Waals surface area (Å²) >= 11 is 0. The molecule has 3 heteroatoms. The molecule has 0 aromatic heterocycles. The number of hydrogen-bond donors (Lipinski definition) is 1. The molecular formula is C12H24N2O. The van der Waals surface area contributed by atoms with Crippen molar-refractivity contribution in [2.24, 2.45) is 5.92 Å². The van der Waals surface area contributed by atoms with Crippen LogP contribution in [0.3, 0.4) is 0 Å². The van der Waals surface area contributed by atoms with E-state index in [1.54, 1.807) is 0 Å². The third kappa shape index (κ3) is 2.92. The lowest BCUT2D eigenvalue weighted by Gasteiger charge is -2.39. The minimum atomic E-state index is 0.691. The van der Waals surface area contributed by atoms with Crippen LogP contribution in [0.2, 0.25) is 0 Å². The van der Waals surface area contributed by atoms with E-state index < -0.39 is 0 Å². The van der Waals surface area contributed by atoms with Crippen molar-refractivity contribution in [3.63, 3.8) is 0 Å². The van der Waals surface area contributed by atoms with Crippen LogP contribution in [0, 0.1) is 5.92 Å². The van der Waals surface area contributed by atoms with Crippen LogP contribution in [-0.2, 0) is 4.74 Å². The summed E-state index contributed by atoms with van der Waals surface area (Å²) in [5.74, 6) is 0.819. The Morgan fingerprint density at radius 1 is 1.27 bits per heavy atom. The van der Waals surface area contributed by atoms with Gasteiger partial charge in [0.05, 0.1) is 0 Å². The highest BCUT2D eigenvalue weighted by Gasteiger charge is 2.25. The lowest BCUT2D eigenvalue weighted by molar-refractivity contribution is 0.106. The average molecular weight is 212 g/mol. The molecule has 0 bridgehead atoms. The smallest absolute Gasteiger partial charge is 0.0495 e. The number of piperazine rings is 1. The summed E-state index contributed by atoms with van der Waals surface area (Å²) in [4.78, 5) is 2.65. The second-order valence-electron chi connectivity index (χ2n) is 5.11. The predicted molar refractivity (Wildman–Crippen MR) is 62.0 cm³/mol. The van der Waals surface area contributed by atoms with Gasteiger partial charge in [0, 0.05) is 38.4 Å². The highest BCUT2D eigenvalue weighted by Crippen LogP contribution is 2.19. The summed E-state index contributed by atoms with van der Waals surface area (Å²) in [6.07, 6.45) is 2.59. The molecular weight excluding hydrogens is 188 g/mol. The summed E-state index contributed by atoms with van der Waals surface area (Å²) in [5, 5.41) is 3.48. The van der Waals surface area contributed by atoms with E-state index in [0.29, 0.717) is 12.1 Å². The SMILES string of the molecule is C[C@@H]1CNC[C@H](C)N1CCC1CCOC1. The lowest BCUT2D eigenvalue weighted by Crippen LogP contribution is -2.55. The molecule has 2 heterocycles. The minimum Gasteiger partial charge on any atom is -0.381 e. The molecule has 0 aromatic rings. The molecule has 1 N–H and O–H groups in total. The van der Waals surface area contributed by atoms with Gasteiger partial charge in [0.1, 0.15) is 0 Å². The van der Waals surface area contributed by atoms with Crippen molar-refractivity contribution in [2.75, 3.05) is 32.8 Å². The second-order valence-corrected chi connectivity index (χ2v) is 5.11. The van der Waals surface area contributed by atoms with Crippen molar-refractivity contribution in [2.45, 2.75) is 38.8 Å². The zero-order chi connectivity index (χ0) is 10.7.